The van der Waals surface area contributed by atoms with Crippen molar-refractivity contribution in [1.29, 1.82) is 0 Å². The molecule has 29 heavy (non-hydrogen) atoms. The first-order chi connectivity index (χ1) is 13.6. The highest BCUT2D eigenvalue weighted by molar-refractivity contribution is 5.97. The van der Waals surface area contributed by atoms with Gasteiger partial charge in [-0.05, 0) is 105 Å². The molecule has 0 saturated heterocycles. The van der Waals surface area contributed by atoms with E-state index in [1.807, 2.05) is 0 Å². The Labute approximate surface area is 179 Å². The van der Waals surface area contributed by atoms with Crippen molar-refractivity contribution in [2.75, 3.05) is 27.7 Å². The third-order valence-electron chi connectivity index (χ3n) is 7.81. The van der Waals surface area contributed by atoms with E-state index in [2.05, 4.69) is 72.2 Å². The fourth-order valence-electron chi connectivity index (χ4n) is 5.63. The summed E-state index contributed by atoms with van der Waals surface area (Å²) < 4.78 is 2.46. The van der Waals surface area contributed by atoms with Crippen molar-refractivity contribution in [3.63, 3.8) is 0 Å². The maximum atomic E-state index is 2.46. The molecular formula is C27H41N2+. The summed E-state index contributed by atoms with van der Waals surface area (Å²) in [4.78, 5) is 2.30. The lowest BCUT2D eigenvalue weighted by Gasteiger charge is -2.25. The third kappa shape index (κ3) is 3.96. The molecule has 2 nitrogen and oxygen atoms in total. The van der Waals surface area contributed by atoms with Gasteiger partial charge in [0.1, 0.15) is 13.6 Å². The molecule has 0 atom stereocenters. The Morgan fingerprint density at radius 1 is 0.793 bits per heavy atom. The summed E-state index contributed by atoms with van der Waals surface area (Å²) in [7, 11) is 6.61. The molecule has 1 aliphatic heterocycles. The zero-order chi connectivity index (χ0) is 21.5. The highest BCUT2D eigenvalue weighted by Gasteiger charge is 2.27. The first-order valence-electron chi connectivity index (χ1n) is 11.4. The van der Waals surface area contributed by atoms with Crippen LogP contribution >= 0.6 is 0 Å². The van der Waals surface area contributed by atoms with Gasteiger partial charge in [0.05, 0.1) is 0 Å². The molecule has 2 heteroatoms. The standard InChI is InChI=1S/C27H41N2/c1-17(19(3)26-14-11-15-29(26)9)23-12-10-13-24(21(23)5)22(6)25-16-27(28(7)8)20(4)18(25)2/h10-16H2,1-9H3/q+1. The lowest BCUT2D eigenvalue weighted by atomic mass is 9.80. The summed E-state index contributed by atoms with van der Waals surface area (Å²) in [5.41, 5.74) is 16.9. The van der Waals surface area contributed by atoms with Crippen molar-refractivity contribution in [2.24, 2.45) is 0 Å². The topological polar surface area (TPSA) is 6.25 Å². The van der Waals surface area contributed by atoms with Gasteiger partial charge in [-0.1, -0.05) is 0 Å². The molecule has 2 aliphatic carbocycles. The van der Waals surface area contributed by atoms with Crippen LogP contribution in [0.1, 0.15) is 80.1 Å². The van der Waals surface area contributed by atoms with Gasteiger partial charge in [0.25, 0.3) is 0 Å². The zero-order valence-corrected chi connectivity index (χ0v) is 20.3. The van der Waals surface area contributed by atoms with E-state index in [4.69, 9.17) is 0 Å². The average molecular weight is 394 g/mol. The van der Waals surface area contributed by atoms with Crippen molar-refractivity contribution < 1.29 is 4.58 Å². The fourth-order valence-corrected chi connectivity index (χ4v) is 5.63. The maximum absolute atomic E-state index is 2.46. The summed E-state index contributed by atoms with van der Waals surface area (Å²) in [6.07, 6.45) is 7.33. The van der Waals surface area contributed by atoms with Gasteiger partial charge in [-0.3, -0.25) is 0 Å². The summed E-state index contributed by atoms with van der Waals surface area (Å²) in [6.45, 7) is 15.3. The van der Waals surface area contributed by atoms with Gasteiger partial charge in [0.2, 0.25) is 0 Å². The molecule has 0 unspecified atom stereocenters. The number of nitrogens with zero attached hydrogens (tertiary/aromatic N) is 2. The van der Waals surface area contributed by atoms with Crippen molar-refractivity contribution in [1.82, 2.24) is 4.90 Å². The SMILES string of the molecule is CC(=C(C)C1=[N+](C)CCC1)C1=C(C)C(=C(C)C2=C(C)C(C)=C(N(C)C)C2)CCC1. The maximum Gasteiger partial charge on any atom is 0.179 e. The predicted molar refractivity (Wildman–Crippen MR) is 127 cm³/mol. The average Bonchev–Trinajstić information content (AvgIpc) is 3.24. The summed E-state index contributed by atoms with van der Waals surface area (Å²) in [6, 6.07) is 0. The first kappa shape index (κ1) is 21.9. The second kappa shape index (κ2) is 8.50. The van der Waals surface area contributed by atoms with Gasteiger partial charge < -0.3 is 4.90 Å². The van der Waals surface area contributed by atoms with Gasteiger partial charge in [0, 0.05) is 44.6 Å². The molecule has 0 spiro atoms. The van der Waals surface area contributed by atoms with Crippen molar-refractivity contribution in [3.05, 3.63) is 55.9 Å². The Bertz CT molecular complexity index is 910. The molecule has 0 saturated carbocycles. The van der Waals surface area contributed by atoms with Crippen LogP contribution in [0.2, 0.25) is 0 Å². The van der Waals surface area contributed by atoms with Crippen molar-refractivity contribution in [2.45, 2.75) is 80.1 Å². The molecule has 3 rings (SSSR count). The van der Waals surface area contributed by atoms with Gasteiger partial charge in [0.15, 0.2) is 5.71 Å². The first-order valence-corrected chi connectivity index (χ1v) is 11.4. The molecule has 0 bridgehead atoms. The van der Waals surface area contributed by atoms with Crippen LogP contribution in [0.15, 0.2) is 55.9 Å². The normalized spacial score (nSPS) is 23.5. The number of rotatable bonds is 4. The quantitative estimate of drug-likeness (QED) is 0.489. The monoisotopic (exact) mass is 393 g/mol. The van der Waals surface area contributed by atoms with E-state index in [1.165, 1.54) is 72.2 Å². The van der Waals surface area contributed by atoms with E-state index in [9.17, 15) is 0 Å². The van der Waals surface area contributed by atoms with E-state index in [1.54, 1.807) is 28.0 Å². The zero-order valence-electron chi connectivity index (χ0n) is 20.3. The van der Waals surface area contributed by atoms with Crippen LogP contribution in [0, 0.1) is 0 Å². The second-order valence-electron chi connectivity index (χ2n) is 9.53. The molecule has 0 aromatic rings. The molecule has 0 fully saturated rings. The Balaban J connectivity index is 2.03. The Morgan fingerprint density at radius 3 is 2.03 bits per heavy atom. The molecule has 0 aromatic heterocycles. The largest absolute Gasteiger partial charge is 0.380 e. The van der Waals surface area contributed by atoms with Crippen LogP contribution < -0.4 is 0 Å². The predicted octanol–water partition coefficient (Wildman–Crippen LogP) is 6.57. The summed E-state index contributed by atoms with van der Waals surface area (Å²) in [5.74, 6) is 0. The second-order valence-corrected chi connectivity index (χ2v) is 9.53. The minimum Gasteiger partial charge on any atom is -0.380 e. The van der Waals surface area contributed by atoms with Gasteiger partial charge in [-0.2, -0.15) is 0 Å². The van der Waals surface area contributed by atoms with Crippen LogP contribution in [-0.4, -0.2) is 42.9 Å². The lowest BCUT2D eigenvalue weighted by Crippen LogP contribution is -2.14. The molecule has 0 aromatic carbocycles. The smallest absolute Gasteiger partial charge is 0.179 e. The molecule has 0 amide bonds. The van der Waals surface area contributed by atoms with Gasteiger partial charge >= 0.3 is 0 Å². The number of allylic oxidation sites excluding steroid dienone is 9. The number of hydrogen-bond donors (Lipinski definition) is 0. The molecule has 1 heterocycles. The fraction of sp³-hybridized carbons (Fsp3) is 0.593. The highest BCUT2D eigenvalue weighted by atomic mass is 15.1. The van der Waals surface area contributed by atoms with Gasteiger partial charge in [-0.25, -0.2) is 4.58 Å². The van der Waals surface area contributed by atoms with Crippen molar-refractivity contribution >= 4 is 5.71 Å². The minimum atomic E-state index is 1.08. The van der Waals surface area contributed by atoms with E-state index < -0.39 is 0 Å². The number of hydrogen-bond acceptors (Lipinski definition) is 1. The molecule has 0 N–H and O–H groups in total. The summed E-state index contributed by atoms with van der Waals surface area (Å²) in [5, 5.41) is 0. The van der Waals surface area contributed by atoms with Crippen LogP contribution in [0.25, 0.3) is 0 Å². The van der Waals surface area contributed by atoms with Crippen LogP contribution in [-0.2, 0) is 0 Å². The highest BCUT2D eigenvalue weighted by Crippen LogP contribution is 2.42. The summed E-state index contributed by atoms with van der Waals surface area (Å²) >= 11 is 0. The van der Waals surface area contributed by atoms with E-state index >= 15 is 0 Å². The lowest BCUT2D eigenvalue weighted by molar-refractivity contribution is -0.488. The third-order valence-corrected chi connectivity index (χ3v) is 7.81. The molecule has 158 valence electrons. The molecule has 3 aliphatic rings. The van der Waals surface area contributed by atoms with Crippen LogP contribution in [0.5, 0.6) is 0 Å². The van der Waals surface area contributed by atoms with E-state index in [0.717, 1.165) is 6.42 Å². The molecule has 0 radical (unpaired) electrons. The van der Waals surface area contributed by atoms with E-state index in [0.29, 0.717) is 0 Å². The van der Waals surface area contributed by atoms with E-state index in [-0.39, 0.29) is 0 Å². The van der Waals surface area contributed by atoms with Crippen LogP contribution in [0.3, 0.4) is 0 Å². The minimum absolute atomic E-state index is 1.08. The Morgan fingerprint density at radius 2 is 1.48 bits per heavy atom. The Kier molecular flexibility index (Phi) is 6.41. The molecular weight excluding hydrogens is 352 g/mol. The van der Waals surface area contributed by atoms with Crippen molar-refractivity contribution in [3.8, 4) is 0 Å². The van der Waals surface area contributed by atoms with Gasteiger partial charge in [-0.15, -0.1) is 0 Å². The van der Waals surface area contributed by atoms with Crippen LogP contribution in [0.4, 0.5) is 0 Å². The Hall–Kier alpha value is -1.83.